The molecular weight excluding hydrogens is 280 g/mol. The first kappa shape index (κ1) is 16.1. The zero-order chi connectivity index (χ0) is 15.4. The number of halogens is 1. The third kappa shape index (κ3) is 3.87. The van der Waals surface area contributed by atoms with Crippen molar-refractivity contribution in [2.24, 2.45) is 0 Å². The van der Waals surface area contributed by atoms with Crippen LogP contribution >= 0.6 is 11.6 Å². The maximum atomic E-state index is 6.73. The smallest absolute Gasteiger partial charge is 0.0840 e. The number of benzene rings is 2. The molecule has 21 heavy (non-hydrogen) atoms. The molecule has 0 aromatic heterocycles. The molecule has 0 fully saturated rings. The predicted molar refractivity (Wildman–Crippen MR) is 90.4 cm³/mol. The minimum atomic E-state index is -0.0953. The Morgan fingerprint density at radius 2 is 1.57 bits per heavy atom. The van der Waals surface area contributed by atoms with Crippen LogP contribution in [0.2, 0.25) is 0 Å². The molecule has 2 aromatic carbocycles. The number of hydrogen-bond donors (Lipinski definition) is 0. The van der Waals surface area contributed by atoms with Crippen LogP contribution < -0.4 is 0 Å². The Bertz CT molecular complexity index is 578. The van der Waals surface area contributed by atoms with Gasteiger partial charge < -0.3 is 4.74 Å². The topological polar surface area (TPSA) is 9.23 Å². The summed E-state index contributed by atoms with van der Waals surface area (Å²) in [6.45, 7) is 7.15. The highest BCUT2D eigenvalue weighted by atomic mass is 35.5. The van der Waals surface area contributed by atoms with Gasteiger partial charge in [-0.2, -0.15) is 0 Å². The Kier molecular flexibility index (Phi) is 5.44. The van der Waals surface area contributed by atoms with E-state index in [4.69, 9.17) is 16.3 Å². The van der Waals surface area contributed by atoms with Gasteiger partial charge in [0.2, 0.25) is 0 Å². The summed E-state index contributed by atoms with van der Waals surface area (Å²) in [6.07, 6.45) is 0.937. The average Bonchev–Trinajstić information content (AvgIpc) is 2.44. The molecule has 0 radical (unpaired) electrons. The Morgan fingerprint density at radius 1 is 1.00 bits per heavy atom. The minimum Gasteiger partial charge on any atom is -0.384 e. The fourth-order valence-electron chi connectivity index (χ4n) is 2.83. The normalized spacial score (nSPS) is 12.4. The van der Waals surface area contributed by atoms with E-state index >= 15 is 0 Å². The van der Waals surface area contributed by atoms with E-state index in [1.54, 1.807) is 7.11 Å². The van der Waals surface area contributed by atoms with Gasteiger partial charge >= 0.3 is 0 Å². The van der Waals surface area contributed by atoms with Gasteiger partial charge in [-0.25, -0.2) is 0 Å². The van der Waals surface area contributed by atoms with Gasteiger partial charge in [-0.3, -0.25) is 0 Å². The molecule has 0 heterocycles. The van der Waals surface area contributed by atoms with Crippen LogP contribution in [0.5, 0.6) is 0 Å². The quantitative estimate of drug-likeness (QED) is 0.696. The van der Waals surface area contributed by atoms with Crippen LogP contribution in [0.1, 0.15) is 38.8 Å². The molecule has 0 aliphatic rings. The number of rotatable bonds is 5. The lowest BCUT2D eigenvalue weighted by Gasteiger charge is -2.17. The predicted octanol–water partition coefficient (Wildman–Crippen LogP) is 5.13. The van der Waals surface area contributed by atoms with E-state index in [1.165, 1.54) is 27.8 Å². The highest BCUT2D eigenvalue weighted by Gasteiger charge is 2.16. The van der Waals surface area contributed by atoms with Gasteiger partial charge in [0.25, 0.3) is 0 Å². The molecule has 0 bridgehead atoms. The van der Waals surface area contributed by atoms with Crippen molar-refractivity contribution in [3.05, 3.63) is 69.8 Å². The molecule has 2 rings (SSSR count). The molecule has 0 saturated heterocycles. The van der Waals surface area contributed by atoms with E-state index in [-0.39, 0.29) is 5.38 Å². The summed E-state index contributed by atoms with van der Waals surface area (Å²) in [5.41, 5.74) is 7.46. The number of alkyl halides is 1. The second-order valence-corrected chi connectivity index (χ2v) is 6.10. The Balaban J connectivity index is 2.26. The molecule has 1 nitrogen and oxygen atoms in total. The summed E-state index contributed by atoms with van der Waals surface area (Å²) in [5, 5.41) is -0.0953. The molecule has 112 valence electrons. The van der Waals surface area contributed by atoms with Gasteiger partial charge in [0.1, 0.15) is 0 Å². The SMILES string of the molecule is COCCc1ccc(C(Cl)c2c(C)cc(C)cc2C)cc1. The van der Waals surface area contributed by atoms with Crippen LogP contribution in [0.15, 0.2) is 36.4 Å². The molecule has 1 unspecified atom stereocenters. The second-order valence-electron chi connectivity index (χ2n) is 5.66. The lowest BCUT2D eigenvalue weighted by Crippen LogP contribution is -2.01. The summed E-state index contributed by atoms with van der Waals surface area (Å²) in [4.78, 5) is 0. The standard InChI is InChI=1S/C19H23ClO/c1-13-11-14(2)18(15(3)12-13)19(20)17-7-5-16(6-8-17)9-10-21-4/h5-8,11-12,19H,9-10H2,1-4H3. The molecule has 0 N–H and O–H groups in total. The molecule has 1 atom stereocenters. The monoisotopic (exact) mass is 302 g/mol. The van der Waals surface area contributed by atoms with E-state index in [2.05, 4.69) is 57.2 Å². The van der Waals surface area contributed by atoms with Gasteiger partial charge in [0.15, 0.2) is 0 Å². The van der Waals surface area contributed by atoms with Crippen molar-refractivity contribution in [1.29, 1.82) is 0 Å². The van der Waals surface area contributed by atoms with Gasteiger partial charge in [0.05, 0.1) is 12.0 Å². The third-order valence-corrected chi connectivity index (χ3v) is 4.33. The highest BCUT2D eigenvalue weighted by Crippen LogP contribution is 2.34. The lowest BCUT2D eigenvalue weighted by molar-refractivity contribution is 0.202. The molecule has 0 amide bonds. The fourth-order valence-corrected chi connectivity index (χ4v) is 3.32. The number of ether oxygens (including phenoxy) is 1. The van der Waals surface area contributed by atoms with Crippen LogP contribution in [-0.4, -0.2) is 13.7 Å². The van der Waals surface area contributed by atoms with Gasteiger partial charge in [-0.15, -0.1) is 11.6 Å². The third-order valence-electron chi connectivity index (χ3n) is 3.86. The number of methoxy groups -OCH3 is 1. The van der Waals surface area contributed by atoms with Gasteiger partial charge in [-0.05, 0) is 55.0 Å². The van der Waals surface area contributed by atoms with Crippen LogP contribution in [0.25, 0.3) is 0 Å². The van der Waals surface area contributed by atoms with Crippen LogP contribution in [0, 0.1) is 20.8 Å². The first-order valence-corrected chi connectivity index (χ1v) is 7.76. The van der Waals surface area contributed by atoms with Crippen molar-refractivity contribution in [3.8, 4) is 0 Å². The molecule has 0 aliphatic heterocycles. The Labute approximate surface area is 132 Å². The number of aryl methyl sites for hydroxylation is 3. The van der Waals surface area contributed by atoms with Gasteiger partial charge in [-0.1, -0.05) is 42.0 Å². The maximum Gasteiger partial charge on any atom is 0.0840 e. The zero-order valence-electron chi connectivity index (χ0n) is 13.2. The molecule has 0 aliphatic carbocycles. The first-order valence-electron chi connectivity index (χ1n) is 7.32. The van der Waals surface area contributed by atoms with Crippen molar-refractivity contribution in [3.63, 3.8) is 0 Å². The maximum absolute atomic E-state index is 6.73. The molecule has 0 spiro atoms. The molecule has 0 saturated carbocycles. The summed E-state index contributed by atoms with van der Waals surface area (Å²) in [5.74, 6) is 0. The van der Waals surface area contributed by atoms with Gasteiger partial charge in [0, 0.05) is 7.11 Å². The van der Waals surface area contributed by atoms with E-state index in [9.17, 15) is 0 Å². The highest BCUT2D eigenvalue weighted by molar-refractivity contribution is 6.22. The number of hydrogen-bond acceptors (Lipinski definition) is 1. The average molecular weight is 303 g/mol. The largest absolute Gasteiger partial charge is 0.384 e. The molecular formula is C19H23ClO. The van der Waals surface area contributed by atoms with E-state index in [0.717, 1.165) is 18.6 Å². The summed E-state index contributed by atoms with van der Waals surface area (Å²) in [7, 11) is 1.73. The minimum absolute atomic E-state index is 0.0953. The van der Waals surface area contributed by atoms with Crippen LogP contribution in [-0.2, 0) is 11.2 Å². The van der Waals surface area contributed by atoms with E-state index in [1.807, 2.05) is 0 Å². The Morgan fingerprint density at radius 3 is 2.10 bits per heavy atom. The summed E-state index contributed by atoms with van der Waals surface area (Å²) in [6, 6.07) is 12.9. The van der Waals surface area contributed by atoms with Crippen molar-refractivity contribution in [1.82, 2.24) is 0 Å². The van der Waals surface area contributed by atoms with Crippen molar-refractivity contribution in [2.45, 2.75) is 32.6 Å². The Hall–Kier alpha value is -1.31. The molecule has 2 heteroatoms. The van der Waals surface area contributed by atoms with Crippen LogP contribution in [0.4, 0.5) is 0 Å². The zero-order valence-corrected chi connectivity index (χ0v) is 14.0. The van der Waals surface area contributed by atoms with E-state index < -0.39 is 0 Å². The van der Waals surface area contributed by atoms with Crippen molar-refractivity contribution in [2.75, 3.05) is 13.7 Å². The lowest BCUT2D eigenvalue weighted by atomic mass is 9.93. The van der Waals surface area contributed by atoms with E-state index in [0.29, 0.717) is 0 Å². The fraction of sp³-hybridized carbons (Fsp3) is 0.368. The van der Waals surface area contributed by atoms with Crippen molar-refractivity contribution >= 4 is 11.6 Å². The first-order chi connectivity index (χ1) is 10.0. The van der Waals surface area contributed by atoms with Crippen LogP contribution in [0.3, 0.4) is 0 Å². The second kappa shape index (κ2) is 7.11. The summed E-state index contributed by atoms with van der Waals surface area (Å²) >= 11 is 6.73. The van der Waals surface area contributed by atoms with Crippen molar-refractivity contribution < 1.29 is 4.74 Å². The molecule has 2 aromatic rings. The summed E-state index contributed by atoms with van der Waals surface area (Å²) < 4.78 is 5.11.